The number of rotatable bonds is 3. The molecule has 1 N–H and O–H groups in total. The van der Waals surface area contributed by atoms with Gasteiger partial charge >= 0.3 is 0 Å². The van der Waals surface area contributed by atoms with Gasteiger partial charge in [0.05, 0.1) is 7.11 Å². The van der Waals surface area contributed by atoms with Gasteiger partial charge in [-0.05, 0) is 30.7 Å². The highest BCUT2D eigenvalue weighted by molar-refractivity contribution is 5.51. The van der Waals surface area contributed by atoms with Crippen molar-refractivity contribution in [2.75, 3.05) is 13.9 Å². The maximum absolute atomic E-state index is 5.64. The maximum atomic E-state index is 5.64. The summed E-state index contributed by atoms with van der Waals surface area (Å²) in [7, 11) is 1.66. The predicted octanol–water partition coefficient (Wildman–Crippen LogP) is 3.35. The lowest BCUT2D eigenvalue weighted by Gasteiger charge is -2.30. The van der Waals surface area contributed by atoms with E-state index in [1.165, 1.54) is 0 Å². The van der Waals surface area contributed by atoms with Crippen molar-refractivity contribution in [3.05, 3.63) is 53.6 Å². The van der Waals surface area contributed by atoms with Gasteiger partial charge in [0.1, 0.15) is 17.3 Å². The second-order valence-electron chi connectivity index (χ2n) is 5.74. The van der Waals surface area contributed by atoms with E-state index in [9.17, 15) is 0 Å². The molecule has 0 radical (unpaired) electrons. The van der Waals surface area contributed by atoms with E-state index in [0.717, 1.165) is 28.4 Å². The van der Waals surface area contributed by atoms with Gasteiger partial charge in [-0.1, -0.05) is 29.5 Å². The zero-order chi connectivity index (χ0) is 15.9. The van der Waals surface area contributed by atoms with Crippen molar-refractivity contribution >= 4 is 0 Å². The predicted molar refractivity (Wildman–Crippen MR) is 83.6 cm³/mol. The first-order valence-electron chi connectivity index (χ1n) is 7.42. The topological polar surface area (TPSA) is 64.4 Å². The third-order valence-corrected chi connectivity index (χ3v) is 4.41. The van der Waals surface area contributed by atoms with Gasteiger partial charge in [0.25, 0.3) is 0 Å². The summed E-state index contributed by atoms with van der Waals surface area (Å²) in [5, 5.41) is 8.49. The molecule has 0 amide bonds. The van der Waals surface area contributed by atoms with Gasteiger partial charge in [0.15, 0.2) is 11.5 Å². The SMILES string of the molecule is COc1ccc(C2(C)NN=NC2c2cccc3c2OCO3)cc1. The summed E-state index contributed by atoms with van der Waals surface area (Å²) in [6.45, 7) is 2.32. The largest absolute Gasteiger partial charge is 0.497 e. The number of nitrogens with one attached hydrogen (secondary N) is 1. The van der Waals surface area contributed by atoms with Crippen LogP contribution in [-0.2, 0) is 5.54 Å². The van der Waals surface area contributed by atoms with E-state index >= 15 is 0 Å². The normalized spacial score (nSPS) is 24.5. The molecule has 0 fully saturated rings. The molecule has 6 heteroatoms. The molecule has 0 saturated carbocycles. The van der Waals surface area contributed by atoms with E-state index in [-0.39, 0.29) is 12.8 Å². The standard InChI is InChI=1S/C17H17N3O3/c1-17(11-6-8-12(21-2)9-7-11)16(18-20-19-17)13-4-3-5-14-15(13)23-10-22-14/h3-9,16H,10H2,1-2H3,(H,18,19). The lowest BCUT2D eigenvalue weighted by Crippen LogP contribution is -2.37. The Balaban J connectivity index is 1.76. The second kappa shape index (κ2) is 5.15. The van der Waals surface area contributed by atoms with E-state index in [4.69, 9.17) is 14.2 Å². The number of para-hydroxylation sites is 1. The molecule has 23 heavy (non-hydrogen) atoms. The van der Waals surface area contributed by atoms with Crippen LogP contribution in [0.15, 0.2) is 52.8 Å². The Morgan fingerprint density at radius 1 is 1.17 bits per heavy atom. The molecular weight excluding hydrogens is 294 g/mol. The molecule has 2 atom stereocenters. The number of hydrogen-bond donors (Lipinski definition) is 1. The molecule has 6 nitrogen and oxygen atoms in total. The first-order valence-corrected chi connectivity index (χ1v) is 7.42. The lowest BCUT2D eigenvalue weighted by atomic mass is 9.82. The third-order valence-electron chi connectivity index (χ3n) is 4.41. The Labute approximate surface area is 134 Å². The fourth-order valence-electron chi connectivity index (χ4n) is 3.07. The molecule has 2 heterocycles. The summed E-state index contributed by atoms with van der Waals surface area (Å²) in [6.07, 6.45) is 0. The Bertz CT molecular complexity index is 760. The summed E-state index contributed by atoms with van der Waals surface area (Å²) in [5.74, 6) is 2.32. The van der Waals surface area contributed by atoms with Crippen molar-refractivity contribution in [2.45, 2.75) is 18.5 Å². The van der Waals surface area contributed by atoms with Crippen LogP contribution < -0.4 is 19.6 Å². The average Bonchev–Trinajstić information content (AvgIpc) is 3.22. The summed E-state index contributed by atoms with van der Waals surface area (Å²) in [6, 6.07) is 13.6. The molecule has 0 spiro atoms. The van der Waals surface area contributed by atoms with Crippen LogP contribution in [0.4, 0.5) is 0 Å². The van der Waals surface area contributed by atoms with Crippen LogP contribution >= 0.6 is 0 Å². The molecule has 0 bridgehead atoms. The van der Waals surface area contributed by atoms with Gasteiger partial charge in [-0.25, -0.2) is 0 Å². The van der Waals surface area contributed by atoms with Crippen LogP contribution in [0, 0.1) is 0 Å². The van der Waals surface area contributed by atoms with Gasteiger partial charge in [0, 0.05) is 5.56 Å². The molecular formula is C17H17N3O3. The number of fused-ring (bicyclic) bond motifs is 1. The molecule has 118 valence electrons. The van der Waals surface area contributed by atoms with Gasteiger partial charge in [-0.15, -0.1) is 0 Å². The van der Waals surface area contributed by atoms with Crippen LogP contribution in [0.3, 0.4) is 0 Å². The Morgan fingerprint density at radius 2 is 2.00 bits per heavy atom. The molecule has 2 aliphatic rings. The minimum absolute atomic E-state index is 0.201. The summed E-state index contributed by atoms with van der Waals surface area (Å²) < 4.78 is 16.3. The van der Waals surface area contributed by atoms with Crippen molar-refractivity contribution < 1.29 is 14.2 Å². The Hall–Kier alpha value is -2.76. The number of hydrogen-bond acceptors (Lipinski definition) is 6. The van der Waals surface area contributed by atoms with E-state index in [2.05, 4.69) is 22.7 Å². The maximum Gasteiger partial charge on any atom is 0.231 e. The van der Waals surface area contributed by atoms with Crippen LogP contribution in [0.25, 0.3) is 0 Å². The van der Waals surface area contributed by atoms with E-state index in [1.54, 1.807) is 7.11 Å². The van der Waals surface area contributed by atoms with E-state index < -0.39 is 5.54 Å². The summed E-state index contributed by atoms with van der Waals surface area (Å²) >= 11 is 0. The number of benzene rings is 2. The van der Waals surface area contributed by atoms with Crippen molar-refractivity contribution in [1.82, 2.24) is 5.43 Å². The van der Waals surface area contributed by atoms with E-state index in [0.29, 0.717) is 0 Å². The highest BCUT2D eigenvalue weighted by Gasteiger charge is 2.43. The molecule has 2 unspecified atom stereocenters. The number of nitrogens with zero attached hydrogens (tertiary/aromatic N) is 2. The molecule has 4 rings (SSSR count). The first kappa shape index (κ1) is 13.9. The third kappa shape index (κ3) is 2.10. The minimum Gasteiger partial charge on any atom is -0.497 e. The number of methoxy groups -OCH3 is 1. The van der Waals surface area contributed by atoms with Crippen LogP contribution in [0.1, 0.15) is 24.1 Å². The molecule has 0 saturated heterocycles. The zero-order valence-electron chi connectivity index (χ0n) is 12.9. The highest BCUT2D eigenvalue weighted by Crippen LogP contribution is 2.48. The molecule has 2 aliphatic heterocycles. The molecule has 0 aliphatic carbocycles. The molecule has 2 aromatic rings. The smallest absolute Gasteiger partial charge is 0.231 e. The second-order valence-corrected chi connectivity index (χ2v) is 5.74. The van der Waals surface area contributed by atoms with Crippen LogP contribution in [0.5, 0.6) is 17.2 Å². The molecule has 2 aromatic carbocycles. The fraction of sp³-hybridized carbons (Fsp3) is 0.294. The summed E-state index contributed by atoms with van der Waals surface area (Å²) in [5.41, 5.74) is 4.72. The Morgan fingerprint density at radius 3 is 2.78 bits per heavy atom. The van der Waals surface area contributed by atoms with E-state index in [1.807, 2.05) is 42.5 Å². The molecule has 0 aromatic heterocycles. The fourth-order valence-corrected chi connectivity index (χ4v) is 3.07. The lowest BCUT2D eigenvalue weighted by molar-refractivity contribution is 0.172. The van der Waals surface area contributed by atoms with Gasteiger partial charge in [0.2, 0.25) is 6.79 Å². The van der Waals surface area contributed by atoms with Crippen LogP contribution in [-0.4, -0.2) is 13.9 Å². The van der Waals surface area contributed by atoms with Crippen molar-refractivity contribution in [2.24, 2.45) is 10.3 Å². The Kier molecular flexibility index (Phi) is 3.11. The monoisotopic (exact) mass is 311 g/mol. The van der Waals surface area contributed by atoms with Gasteiger partial charge < -0.3 is 14.2 Å². The van der Waals surface area contributed by atoms with Crippen LogP contribution in [0.2, 0.25) is 0 Å². The number of ether oxygens (including phenoxy) is 3. The van der Waals surface area contributed by atoms with Crippen molar-refractivity contribution in [3.8, 4) is 17.2 Å². The van der Waals surface area contributed by atoms with Crippen molar-refractivity contribution in [1.29, 1.82) is 0 Å². The van der Waals surface area contributed by atoms with Gasteiger partial charge in [-0.2, -0.15) is 5.11 Å². The minimum atomic E-state index is -0.465. The first-order chi connectivity index (χ1) is 11.2. The quantitative estimate of drug-likeness (QED) is 0.944. The van der Waals surface area contributed by atoms with Crippen molar-refractivity contribution in [3.63, 3.8) is 0 Å². The van der Waals surface area contributed by atoms with Gasteiger partial charge in [-0.3, -0.25) is 5.43 Å². The zero-order valence-corrected chi connectivity index (χ0v) is 12.9. The highest BCUT2D eigenvalue weighted by atomic mass is 16.7. The summed E-state index contributed by atoms with van der Waals surface area (Å²) in [4.78, 5) is 0. The average molecular weight is 311 g/mol.